The number of H-pyrrole nitrogens is 1. The molecule has 51 heavy (non-hydrogen) atoms. The molecule has 272 valence electrons. The van der Waals surface area contributed by atoms with Crippen LogP contribution in [0.15, 0.2) is 82.6 Å². The van der Waals surface area contributed by atoms with Crippen molar-refractivity contribution in [3.05, 3.63) is 105 Å². The van der Waals surface area contributed by atoms with Crippen molar-refractivity contribution in [2.75, 3.05) is 11.8 Å². The van der Waals surface area contributed by atoms with Crippen LogP contribution in [0.3, 0.4) is 0 Å². The maximum Gasteiger partial charge on any atom is 0.307 e. The summed E-state index contributed by atoms with van der Waals surface area (Å²) in [5, 5.41) is 10.0. The van der Waals surface area contributed by atoms with Crippen LogP contribution in [0.25, 0.3) is 10.9 Å². The second-order valence-corrected chi connectivity index (χ2v) is 16.6. The fourth-order valence-electron chi connectivity index (χ4n) is 5.30. The molecule has 1 heterocycles. The van der Waals surface area contributed by atoms with Crippen LogP contribution in [-0.4, -0.2) is 40.0 Å². The van der Waals surface area contributed by atoms with Crippen molar-refractivity contribution >= 4 is 75.5 Å². The van der Waals surface area contributed by atoms with Crippen molar-refractivity contribution in [2.24, 2.45) is 0 Å². The molecule has 10 nitrogen and oxygen atoms in total. The molecule has 3 N–H and O–H groups in total. The number of aryl methyl sites for hydroxylation is 3. The Morgan fingerprint density at radius 3 is 1.88 bits per heavy atom. The number of rotatable bonds is 13. The molecule has 0 aliphatic heterocycles. The van der Waals surface area contributed by atoms with Gasteiger partial charge in [-0.25, -0.2) is 16.8 Å². The van der Waals surface area contributed by atoms with Crippen LogP contribution in [0.2, 0.25) is 10.0 Å². The Balaban J connectivity index is 0.000000349. The Kier molecular flexibility index (Phi) is 13.3. The van der Waals surface area contributed by atoms with E-state index < -0.39 is 25.0 Å². The monoisotopic (exact) mass is 794 g/mol. The fourth-order valence-corrected chi connectivity index (χ4v) is 8.51. The van der Waals surface area contributed by atoms with Gasteiger partial charge < -0.3 is 19.6 Å². The van der Waals surface area contributed by atoms with Gasteiger partial charge in [0.15, 0.2) is 17.2 Å². The number of hydrogen-bond acceptors (Lipinski definition) is 7. The van der Waals surface area contributed by atoms with Gasteiger partial charge in [0.25, 0.3) is 19.1 Å². The largest absolute Gasteiger partial charge is 0.493 e. The predicted molar refractivity (Wildman–Crippen MR) is 202 cm³/mol. The molecule has 0 bridgehead atoms. The summed E-state index contributed by atoms with van der Waals surface area (Å²) in [6, 6.07) is 19.8. The molecule has 0 fully saturated rings. The maximum atomic E-state index is 13.5. The van der Waals surface area contributed by atoms with Crippen molar-refractivity contribution < 1.29 is 36.2 Å². The van der Waals surface area contributed by atoms with Gasteiger partial charge in [0.2, 0.25) is 0 Å². The van der Waals surface area contributed by atoms with Crippen LogP contribution >= 0.6 is 33.9 Å². The third-order valence-electron chi connectivity index (χ3n) is 7.56. The van der Waals surface area contributed by atoms with Gasteiger partial charge in [-0.3, -0.25) is 9.52 Å². The number of methoxy groups -OCH3 is 1. The molecule has 5 rings (SSSR count). The molecule has 0 spiro atoms. The van der Waals surface area contributed by atoms with E-state index in [0.717, 1.165) is 48.0 Å². The van der Waals surface area contributed by atoms with Crippen molar-refractivity contribution in [1.82, 2.24) is 4.98 Å². The molecule has 0 aliphatic rings. The summed E-state index contributed by atoms with van der Waals surface area (Å²) >= 11 is 12.2. The first-order valence-corrected chi connectivity index (χ1v) is 20.3. The second-order valence-electron chi connectivity index (χ2n) is 11.6. The molecule has 1 aromatic heterocycles. The molecule has 4 aromatic carbocycles. The minimum atomic E-state index is -4.08. The summed E-state index contributed by atoms with van der Waals surface area (Å²) in [5.41, 5.74) is 4.29. The molecule has 0 unspecified atom stereocenters. The Hall–Kier alpha value is -3.94. The van der Waals surface area contributed by atoms with Crippen LogP contribution in [0.4, 0.5) is 5.69 Å². The van der Waals surface area contributed by atoms with E-state index in [4.69, 9.17) is 48.5 Å². The molecule has 0 saturated heterocycles. The van der Waals surface area contributed by atoms with Crippen molar-refractivity contribution in [2.45, 2.75) is 62.7 Å². The quantitative estimate of drug-likeness (QED) is 0.0997. The number of ether oxygens (including phenoxy) is 2. The summed E-state index contributed by atoms with van der Waals surface area (Å²) < 4.78 is 63.2. The number of carboxylic acids is 1. The van der Waals surface area contributed by atoms with Gasteiger partial charge in [0, 0.05) is 27.3 Å². The Bertz CT molecular complexity index is 2270. The lowest BCUT2D eigenvalue weighted by molar-refractivity contribution is -0.136. The minimum Gasteiger partial charge on any atom is -0.493 e. The van der Waals surface area contributed by atoms with E-state index in [-0.39, 0.29) is 37.7 Å². The van der Waals surface area contributed by atoms with E-state index in [2.05, 4.69) is 9.71 Å². The molecule has 0 amide bonds. The molecule has 0 saturated carbocycles. The molecular weight excluding hydrogens is 759 g/mol. The molecule has 5 aromatic rings. The number of carboxylic acid groups (broad SMARTS) is 1. The normalized spacial score (nSPS) is 11.5. The van der Waals surface area contributed by atoms with Crippen LogP contribution in [0.1, 0.15) is 49.1 Å². The summed E-state index contributed by atoms with van der Waals surface area (Å²) in [7, 11) is -1.18. The summed E-state index contributed by atoms with van der Waals surface area (Å²) in [6.07, 6.45) is 3.40. The maximum absolute atomic E-state index is 13.5. The number of fused-ring (bicyclic) bond motifs is 1. The van der Waals surface area contributed by atoms with Crippen LogP contribution < -0.4 is 14.2 Å². The predicted octanol–water partition coefficient (Wildman–Crippen LogP) is 9.53. The highest BCUT2D eigenvalue weighted by atomic mass is 35.7. The highest BCUT2D eigenvalue weighted by Gasteiger charge is 2.23. The Morgan fingerprint density at radius 1 is 0.784 bits per heavy atom. The zero-order valence-electron chi connectivity index (χ0n) is 28.2. The van der Waals surface area contributed by atoms with Crippen LogP contribution in [-0.2, 0) is 43.1 Å². The van der Waals surface area contributed by atoms with Gasteiger partial charge in [0.05, 0.1) is 23.6 Å². The highest BCUT2D eigenvalue weighted by Crippen LogP contribution is 2.41. The second kappa shape index (κ2) is 17.1. The topological polar surface area (TPSA) is 152 Å². The SMILES string of the molecule is CCCc1ccc(S(=O)(=O)Cl)c(Cl)c1.CCCc1ccc(S(=O)(=O)Nc2c(Oc3ccc(CC(=O)O)cc3OC)ccc3[nH]c(C)cc23)c(Cl)c1. The number of aromatic nitrogens is 1. The summed E-state index contributed by atoms with van der Waals surface area (Å²) in [6.45, 7) is 5.95. The first-order chi connectivity index (χ1) is 24.1. The standard InChI is InChI=1S/C27H27ClN2O6S.C9H10Cl2O2S/c1-4-5-17-7-11-25(20(28)13-17)37(33,34)30-27-19-12-16(2)29-21(19)8-10-23(27)36-22-9-6-18(15-26(31)32)14-24(22)35-3;1-2-3-7-4-5-9(8(10)6-7)14(11,12)13/h6-14,29-30H,4-5,15H2,1-3H3,(H,31,32);4-6H,2-3H2,1H3. The molecule has 0 aliphatic carbocycles. The van der Waals surface area contributed by atoms with Crippen molar-refractivity contribution in [1.29, 1.82) is 0 Å². The number of nitrogens with one attached hydrogen (secondary N) is 2. The Morgan fingerprint density at radius 2 is 1.35 bits per heavy atom. The minimum absolute atomic E-state index is 0.0271. The average Bonchev–Trinajstić information content (AvgIpc) is 3.43. The zero-order chi connectivity index (χ0) is 37.5. The van der Waals surface area contributed by atoms with Gasteiger partial charge in [0.1, 0.15) is 15.5 Å². The Labute approximate surface area is 312 Å². The third-order valence-corrected chi connectivity index (χ3v) is 11.2. The van der Waals surface area contributed by atoms with E-state index in [1.54, 1.807) is 54.6 Å². The average molecular weight is 796 g/mol. The van der Waals surface area contributed by atoms with Crippen molar-refractivity contribution in [3.63, 3.8) is 0 Å². The number of aromatic amines is 1. The number of halogens is 3. The number of benzene rings is 4. The van der Waals surface area contributed by atoms with E-state index >= 15 is 0 Å². The van der Waals surface area contributed by atoms with Gasteiger partial charge in [-0.05, 0) is 91.1 Å². The summed E-state index contributed by atoms with van der Waals surface area (Å²) in [4.78, 5) is 14.2. The summed E-state index contributed by atoms with van der Waals surface area (Å²) in [5.74, 6) is -0.127. The van der Waals surface area contributed by atoms with E-state index in [1.807, 2.05) is 26.8 Å². The van der Waals surface area contributed by atoms with Gasteiger partial charge >= 0.3 is 5.97 Å². The third kappa shape index (κ3) is 10.3. The molecular formula is C36H37Cl3N2O8S2. The fraction of sp³-hybridized carbons (Fsp3) is 0.250. The number of aliphatic carboxylic acids is 1. The van der Waals surface area contributed by atoms with E-state index in [9.17, 15) is 21.6 Å². The molecule has 0 atom stereocenters. The number of carbonyl (C=O) groups is 1. The number of anilines is 1. The number of sulfonamides is 1. The van der Waals surface area contributed by atoms with E-state index in [0.29, 0.717) is 22.4 Å². The van der Waals surface area contributed by atoms with E-state index in [1.165, 1.54) is 19.2 Å². The zero-order valence-corrected chi connectivity index (χ0v) is 32.1. The lowest BCUT2D eigenvalue weighted by atomic mass is 10.1. The van der Waals surface area contributed by atoms with Gasteiger partial charge in [-0.15, -0.1) is 0 Å². The lowest BCUT2D eigenvalue weighted by Gasteiger charge is -2.17. The first-order valence-electron chi connectivity index (χ1n) is 15.8. The van der Waals surface area contributed by atoms with Gasteiger partial charge in [-0.2, -0.15) is 0 Å². The van der Waals surface area contributed by atoms with Crippen LogP contribution in [0, 0.1) is 6.92 Å². The first kappa shape index (κ1) is 39.8. The lowest BCUT2D eigenvalue weighted by Crippen LogP contribution is -2.14. The van der Waals surface area contributed by atoms with Crippen LogP contribution in [0.5, 0.6) is 17.2 Å². The molecule has 15 heteroatoms. The van der Waals surface area contributed by atoms with Gasteiger partial charge in [-0.1, -0.05) is 68.1 Å². The highest BCUT2D eigenvalue weighted by molar-refractivity contribution is 8.13. The smallest absolute Gasteiger partial charge is 0.307 e. The number of hydrogen-bond donors (Lipinski definition) is 3. The van der Waals surface area contributed by atoms with Crippen molar-refractivity contribution in [3.8, 4) is 17.2 Å². The molecule has 0 radical (unpaired) electrons.